The predicted octanol–water partition coefficient (Wildman–Crippen LogP) is 5.33. The molecule has 35 heavy (non-hydrogen) atoms. The first-order valence-electron chi connectivity index (χ1n) is 13.9. The summed E-state index contributed by atoms with van der Waals surface area (Å²) in [5, 5.41) is 5.63. The Morgan fingerprint density at radius 1 is 0.714 bits per heavy atom. The third-order valence-corrected chi connectivity index (χ3v) is 8.27. The molecule has 0 unspecified atom stereocenters. The van der Waals surface area contributed by atoms with Gasteiger partial charge >= 0.3 is 0 Å². The number of ether oxygens (including phenoxy) is 2. The van der Waals surface area contributed by atoms with Crippen LogP contribution in [0.25, 0.3) is 0 Å². The van der Waals surface area contributed by atoms with Gasteiger partial charge in [-0.3, -0.25) is 9.59 Å². The van der Waals surface area contributed by atoms with Crippen LogP contribution in [-0.2, 0) is 19.1 Å². The highest BCUT2D eigenvalue weighted by molar-refractivity contribution is 5.87. The molecular weight excluding hydrogens is 440 g/mol. The van der Waals surface area contributed by atoms with Crippen LogP contribution in [-0.4, -0.2) is 50.3 Å². The minimum absolute atomic E-state index is 0.101. The van der Waals surface area contributed by atoms with Crippen molar-refractivity contribution >= 4 is 11.8 Å². The van der Waals surface area contributed by atoms with Crippen molar-refractivity contribution < 1.29 is 19.1 Å². The van der Waals surface area contributed by atoms with E-state index in [-0.39, 0.29) is 11.8 Å². The Hall–Kier alpha value is -1.66. The molecule has 0 radical (unpaired) electrons. The van der Waals surface area contributed by atoms with Crippen molar-refractivity contribution in [3.63, 3.8) is 0 Å². The summed E-state index contributed by atoms with van der Waals surface area (Å²) in [5.74, 6) is 1.36. The maximum atomic E-state index is 11.2. The monoisotopic (exact) mass is 490 g/mol. The lowest BCUT2D eigenvalue weighted by molar-refractivity contribution is -0.117. The second-order valence-corrected chi connectivity index (χ2v) is 10.9. The highest BCUT2D eigenvalue weighted by atomic mass is 16.5. The molecule has 0 aromatic rings. The first-order valence-corrected chi connectivity index (χ1v) is 13.9. The largest absolute Gasteiger partial charge is 0.378 e. The van der Waals surface area contributed by atoms with Gasteiger partial charge in [0.2, 0.25) is 11.8 Å². The van der Waals surface area contributed by atoms with Gasteiger partial charge in [0.25, 0.3) is 0 Å². The van der Waals surface area contributed by atoms with Gasteiger partial charge in [0.05, 0.1) is 12.2 Å². The molecule has 2 amide bonds. The Bertz CT molecular complexity index is 593. The molecule has 200 valence electrons. The van der Waals surface area contributed by atoms with Crippen LogP contribution in [0.5, 0.6) is 0 Å². The Kier molecular flexibility index (Phi) is 13.6. The SMILES string of the molecule is C=CC(=O)NCCCCOC1CCC(C(C)(C)C2CCC(OCCCCNC(=O)C=C)CC2)CC1. The molecule has 0 bridgehead atoms. The summed E-state index contributed by atoms with van der Waals surface area (Å²) in [7, 11) is 0. The number of amides is 2. The quantitative estimate of drug-likeness (QED) is 0.227. The maximum Gasteiger partial charge on any atom is 0.243 e. The molecule has 0 saturated heterocycles. The molecule has 0 atom stereocenters. The van der Waals surface area contributed by atoms with E-state index in [4.69, 9.17) is 9.47 Å². The maximum absolute atomic E-state index is 11.2. The smallest absolute Gasteiger partial charge is 0.243 e. The van der Waals surface area contributed by atoms with Gasteiger partial charge < -0.3 is 20.1 Å². The fourth-order valence-electron chi connectivity index (χ4n) is 5.80. The third kappa shape index (κ3) is 10.9. The zero-order valence-corrected chi connectivity index (χ0v) is 22.3. The minimum Gasteiger partial charge on any atom is -0.378 e. The lowest BCUT2D eigenvalue weighted by Gasteiger charge is -2.46. The topological polar surface area (TPSA) is 76.7 Å². The average molecular weight is 491 g/mol. The van der Waals surface area contributed by atoms with Gasteiger partial charge in [0, 0.05) is 26.3 Å². The number of carbonyl (C=O) groups excluding carboxylic acids is 2. The molecule has 0 aromatic carbocycles. The van der Waals surface area contributed by atoms with Crippen LogP contribution in [0.1, 0.15) is 90.9 Å². The van der Waals surface area contributed by atoms with Crippen LogP contribution in [0.15, 0.2) is 25.3 Å². The van der Waals surface area contributed by atoms with Crippen molar-refractivity contribution in [1.29, 1.82) is 0 Å². The zero-order valence-electron chi connectivity index (χ0n) is 22.3. The molecule has 2 rings (SSSR count). The second-order valence-electron chi connectivity index (χ2n) is 10.9. The van der Waals surface area contributed by atoms with Gasteiger partial charge in [-0.05, 0) is 106 Å². The van der Waals surface area contributed by atoms with Crippen LogP contribution in [0.2, 0.25) is 0 Å². The van der Waals surface area contributed by atoms with E-state index >= 15 is 0 Å². The van der Waals surface area contributed by atoms with Gasteiger partial charge in [0.15, 0.2) is 0 Å². The van der Waals surface area contributed by atoms with E-state index in [2.05, 4.69) is 37.6 Å². The second kappa shape index (κ2) is 16.2. The van der Waals surface area contributed by atoms with Gasteiger partial charge in [-0.2, -0.15) is 0 Å². The number of nitrogens with one attached hydrogen (secondary N) is 2. The normalized spacial score (nSPS) is 25.0. The molecule has 0 aromatic heterocycles. The summed E-state index contributed by atoms with van der Waals surface area (Å²) >= 11 is 0. The number of unbranched alkanes of at least 4 members (excludes halogenated alkanes) is 2. The van der Waals surface area contributed by atoms with Crippen molar-refractivity contribution in [2.75, 3.05) is 26.3 Å². The number of hydrogen-bond donors (Lipinski definition) is 2. The summed E-state index contributed by atoms with van der Waals surface area (Å²) in [5.41, 5.74) is 0.378. The first-order chi connectivity index (χ1) is 16.9. The fraction of sp³-hybridized carbons (Fsp3) is 0.793. The fourth-order valence-corrected chi connectivity index (χ4v) is 5.80. The molecule has 2 N–H and O–H groups in total. The minimum atomic E-state index is -0.101. The van der Waals surface area contributed by atoms with Crippen molar-refractivity contribution in [3.8, 4) is 0 Å². The zero-order chi connectivity index (χ0) is 25.5. The lowest BCUT2D eigenvalue weighted by Crippen LogP contribution is -2.39. The standard InChI is InChI=1S/C29H50N2O4/c1-5-27(32)30-19-7-9-21-34-25-15-11-23(12-16-25)29(3,4)24-13-17-26(18-14-24)35-22-10-8-20-31-28(33)6-2/h5-6,23-26H,1-2,7-22H2,3-4H3,(H,30,32)(H,31,33). The van der Waals surface area contributed by atoms with Crippen molar-refractivity contribution in [3.05, 3.63) is 25.3 Å². The molecule has 2 fully saturated rings. The van der Waals surface area contributed by atoms with Gasteiger partial charge in [-0.1, -0.05) is 27.0 Å². The van der Waals surface area contributed by atoms with E-state index in [0.717, 1.165) is 50.7 Å². The van der Waals surface area contributed by atoms with E-state index in [1.165, 1.54) is 63.5 Å². The van der Waals surface area contributed by atoms with E-state index in [0.29, 0.717) is 30.7 Å². The molecule has 2 aliphatic carbocycles. The van der Waals surface area contributed by atoms with Crippen LogP contribution in [0.4, 0.5) is 0 Å². The molecule has 2 aliphatic rings. The summed E-state index contributed by atoms with van der Waals surface area (Å²) in [6.07, 6.45) is 17.1. The molecule has 0 aliphatic heterocycles. The predicted molar refractivity (Wildman–Crippen MR) is 142 cm³/mol. The number of carbonyl (C=O) groups is 2. The van der Waals surface area contributed by atoms with Crippen LogP contribution in [0, 0.1) is 17.3 Å². The summed E-state index contributed by atoms with van der Waals surface area (Å²) in [6, 6.07) is 0. The molecule has 0 heterocycles. The highest BCUT2D eigenvalue weighted by Crippen LogP contribution is 2.48. The van der Waals surface area contributed by atoms with Gasteiger partial charge in [-0.15, -0.1) is 0 Å². The Morgan fingerprint density at radius 2 is 1.09 bits per heavy atom. The Balaban J connectivity index is 1.56. The third-order valence-electron chi connectivity index (χ3n) is 8.27. The molecule has 6 heteroatoms. The highest BCUT2D eigenvalue weighted by Gasteiger charge is 2.40. The van der Waals surface area contributed by atoms with Gasteiger partial charge in [0.1, 0.15) is 0 Å². The average Bonchev–Trinajstić information content (AvgIpc) is 2.88. The van der Waals surface area contributed by atoms with Crippen LogP contribution >= 0.6 is 0 Å². The van der Waals surface area contributed by atoms with Crippen molar-refractivity contribution in [1.82, 2.24) is 10.6 Å². The Labute approximate surface area is 213 Å². The number of rotatable bonds is 16. The summed E-state index contributed by atoms with van der Waals surface area (Å²) < 4.78 is 12.3. The van der Waals surface area contributed by atoms with E-state index in [1.807, 2.05) is 0 Å². The van der Waals surface area contributed by atoms with Crippen molar-refractivity contribution in [2.24, 2.45) is 17.3 Å². The lowest BCUT2D eigenvalue weighted by atomic mass is 9.60. The summed E-state index contributed by atoms with van der Waals surface area (Å²) in [6.45, 7) is 14.9. The Morgan fingerprint density at radius 3 is 1.43 bits per heavy atom. The molecule has 0 spiro atoms. The molecular formula is C29H50N2O4. The molecule has 2 saturated carbocycles. The van der Waals surface area contributed by atoms with E-state index in [1.54, 1.807) is 0 Å². The number of hydrogen-bond acceptors (Lipinski definition) is 4. The van der Waals surface area contributed by atoms with Crippen molar-refractivity contribution in [2.45, 2.75) is 103 Å². The molecule has 6 nitrogen and oxygen atoms in total. The van der Waals surface area contributed by atoms with E-state index < -0.39 is 0 Å². The summed E-state index contributed by atoms with van der Waals surface area (Å²) in [4.78, 5) is 22.3. The van der Waals surface area contributed by atoms with Gasteiger partial charge in [-0.25, -0.2) is 0 Å². The first kappa shape index (κ1) is 29.6. The van der Waals surface area contributed by atoms with E-state index in [9.17, 15) is 9.59 Å². The van der Waals surface area contributed by atoms with Crippen LogP contribution < -0.4 is 10.6 Å². The van der Waals surface area contributed by atoms with Crippen LogP contribution in [0.3, 0.4) is 0 Å².